The normalized spacial score (nSPS) is 20.0. The van der Waals surface area contributed by atoms with Gasteiger partial charge in [0, 0.05) is 54.4 Å². The molecule has 0 aromatic heterocycles. The van der Waals surface area contributed by atoms with Crippen LogP contribution < -0.4 is 9.47 Å². The van der Waals surface area contributed by atoms with Crippen LogP contribution in [0.15, 0.2) is 58.9 Å². The topological polar surface area (TPSA) is 99.0 Å². The minimum absolute atomic E-state index is 0.0315. The zero-order valence-corrected chi connectivity index (χ0v) is 25.6. The van der Waals surface area contributed by atoms with Crippen LogP contribution in [0.25, 0.3) is 0 Å². The van der Waals surface area contributed by atoms with E-state index in [2.05, 4.69) is 27.7 Å². The van der Waals surface area contributed by atoms with Gasteiger partial charge in [-0.1, -0.05) is 33.8 Å². The minimum atomic E-state index is -4.77. The SMILES string of the molecule is CCOc1cc(C2C3=C(CC(C)(C)CC3=O)N(C)C3=C2C(=O)CC(C)(C)C3)ccc1Oc1ccc(C(F)(F)F)cc1[N+](=O)[O-]. The summed E-state index contributed by atoms with van der Waals surface area (Å²) >= 11 is 0. The van der Waals surface area contributed by atoms with Crippen molar-refractivity contribution < 1.29 is 37.2 Å². The van der Waals surface area contributed by atoms with Crippen LogP contribution >= 0.6 is 0 Å². The van der Waals surface area contributed by atoms with Crippen molar-refractivity contribution >= 4 is 17.3 Å². The molecule has 1 aliphatic heterocycles. The Labute approximate surface area is 253 Å². The molecule has 44 heavy (non-hydrogen) atoms. The largest absolute Gasteiger partial charge is 0.490 e. The number of halogens is 3. The van der Waals surface area contributed by atoms with Crippen LogP contribution in [-0.2, 0) is 15.8 Å². The number of nitrogens with zero attached hydrogens (tertiary/aromatic N) is 2. The Morgan fingerprint density at radius 2 is 1.43 bits per heavy atom. The molecule has 0 amide bonds. The zero-order chi connectivity index (χ0) is 32.4. The summed E-state index contributed by atoms with van der Waals surface area (Å²) in [7, 11) is 1.92. The first-order valence-electron chi connectivity index (χ1n) is 14.5. The fraction of sp³-hybridized carbons (Fsp3) is 0.455. The molecule has 5 rings (SSSR count). The van der Waals surface area contributed by atoms with Crippen molar-refractivity contribution in [3.05, 3.63) is 80.2 Å². The van der Waals surface area contributed by atoms with E-state index in [1.807, 2.05) is 11.9 Å². The first-order valence-corrected chi connectivity index (χ1v) is 14.5. The number of carbonyl (C=O) groups is 2. The summed E-state index contributed by atoms with van der Waals surface area (Å²) < 4.78 is 51.3. The average molecular weight is 613 g/mol. The summed E-state index contributed by atoms with van der Waals surface area (Å²) in [4.78, 5) is 40.3. The molecule has 11 heteroatoms. The Bertz CT molecular complexity index is 1580. The molecule has 234 valence electrons. The van der Waals surface area contributed by atoms with E-state index in [1.165, 1.54) is 6.07 Å². The van der Waals surface area contributed by atoms with Gasteiger partial charge in [-0.25, -0.2) is 0 Å². The van der Waals surface area contributed by atoms with Crippen LogP contribution in [0.5, 0.6) is 17.2 Å². The van der Waals surface area contributed by atoms with Crippen molar-refractivity contribution in [1.82, 2.24) is 4.90 Å². The van der Waals surface area contributed by atoms with Gasteiger partial charge in [0.05, 0.1) is 17.1 Å². The molecule has 0 bridgehead atoms. The highest BCUT2D eigenvalue weighted by Crippen LogP contribution is 2.54. The first kappa shape index (κ1) is 31.3. The molecule has 2 aromatic rings. The highest BCUT2D eigenvalue weighted by Gasteiger charge is 2.48. The van der Waals surface area contributed by atoms with Gasteiger partial charge in [0.15, 0.2) is 23.1 Å². The first-order chi connectivity index (χ1) is 20.4. The third kappa shape index (κ3) is 5.71. The van der Waals surface area contributed by atoms with Gasteiger partial charge in [-0.3, -0.25) is 19.7 Å². The molecule has 0 fully saturated rings. The van der Waals surface area contributed by atoms with Crippen molar-refractivity contribution in [1.29, 1.82) is 0 Å². The van der Waals surface area contributed by atoms with Gasteiger partial charge in [0.2, 0.25) is 5.75 Å². The number of nitro benzene ring substituents is 1. The van der Waals surface area contributed by atoms with Crippen LogP contribution in [0.4, 0.5) is 18.9 Å². The summed E-state index contributed by atoms with van der Waals surface area (Å²) in [6.07, 6.45) is -2.80. The van der Waals surface area contributed by atoms with E-state index >= 15 is 0 Å². The molecule has 0 saturated heterocycles. The van der Waals surface area contributed by atoms with Crippen molar-refractivity contribution in [2.45, 2.75) is 72.4 Å². The maximum atomic E-state index is 13.8. The van der Waals surface area contributed by atoms with E-state index in [4.69, 9.17) is 9.47 Å². The number of ketones is 2. The number of nitro groups is 1. The molecular weight excluding hydrogens is 577 g/mol. The van der Waals surface area contributed by atoms with E-state index in [0.717, 1.165) is 17.5 Å². The van der Waals surface area contributed by atoms with Gasteiger partial charge in [0.25, 0.3) is 0 Å². The molecule has 0 N–H and O–H groups in total. The van der Waals surface area contributed by atoms with Gasteiger partial charge in [0.1, 0.15) is 0 Å². The Morgan fingerprint density at radius 3 is 1.93 bits per heavy atom. The lowest BCUT2D eigenvalue weighted by atomic mass is 9.64. The van der Waals surface area contributed by atoms with E-state index in [1.54, 1.807) is 19.1 Å². The second-order valence-electron chi connectivity index (χ2n) is 13.3. The van der Waals surface area contributed by atoms with Gasteiger partial charge in [-0.2, -0.15) is 13.2 Å². The Kier molecular flexibility index (Phi) is 7.66. The number of ether oxygens (including phenoxy) is 2. The monoisotopic (exact) mass is 612 g/mol. The van der Waals surface area contributed by atoms with Gasteiger partial charge < -0.3 is 14.4 Å². The Hall–Kier alpha value is -4.15. The molecule has 1 heterocycles. The third-order valence-electron chi connectivity index (χ3n) is 8.48. The Balaban J connectivity index is 1.64. The van der Waals surface area contributed by atoms with E-state index in [-0.39, 0.29) is 46.3 Å². The van der Waals surface area contributed by atoms with Crippen molar-refractivity contribution in [2.24, 2.45) is 10.8 Å². The predicted molar refractivity (Wildman–Crippen MR) is 156 cm³/mol. The van der Waals surface area contributed by atoms with Gasteiger partial charge in [-0.15, -0.1) is 0 Å². The molecule has 0 saturated carbocycles. The van der Waals surface area contributed by atoms with Crippen LogP contribution in [-0.4, -0.2) is 35.0 Å². The van der Waals surface area contributed by atoms with Crippen LogP contribution in [0.3, 0.4) is 0 Å². The van der Waals surface area contributed by atoms with Crippen molar-refractivity contribution in [3.8, 4) is 17.2 Å². The summed E-state index contributed by atoms with van der Waals surface area (Å²) in [6.45, 7) is 10.1. The fourth-order valence-corrected chi connectivity index (χ4v) is 6.60. The average Bonchev–Trinajstić information content (AvgIpc) is 2.89. The molecule has 0 unspecified atom stereocenters. The van der Waals surface area contributed by atoms with Gasteiger partial charge >= 0.3 is 11.9 Å². The van der Waals surface area contributed by atoms with Crippen LogP contribution in [0, 0.1) is 20.9 Å². The molecule has 0 atom stereocenters. The molecule has 8 nitrogen and oxygen atoms in total. The summed E-state index contributed by atoms with van der Waals surface area (Å²) in [6, 6.07) is 6.88. The molecule has 2 aromatic carbocycles. The molecule has 0 radical (unpaired) electrons. The maximum Gasteiger partial charge on any atom is 0.416 e. The maximum absolute atomic E-state index is 13.8. The lowest BCUT2D eigenvalue weighted by molar-refractivity contribution is -0.385. The third-order valence-corrected chi connectivity index (χ3v) is 8.48. The number of allylic oxidation sites excluding steroid dienone is 4. The molecule has 3 aliphatic rings. The summed E-state index contributed by atoms with van der Waals surface area (Å²) in [5, 5.41) is 11.7. The quantitative estimate of drug-likeness (QED) is 0.240. The van der Waals surface area contributed by atoms with Crippen molar-refractivity contribution in [2.75, 3.05) is 13.7 Å². The smallest absolute Gasteiger partial charge is 0.416 e. The number of Topliss-reactive ketones (excluding diaryl/α,β-unsaturated/α-hetero) is 2. The van der Waals surface area contributed by atoms with Crippen molar-refractivity contribution in [3.63, 3.8) is 0 Å². The number of hydrogen-bond acceptors (Lipinski definition) is 7. The van der Waals surface area contributed by atoms with E-state index in [9.17, 15) is 32.9 Å². The number of rotatable bonds is 6. The predicted octanol–water partition coefficient (Wildman–Crippen LogP) is 8.12. The number of alkyl halides is 3. The fourth-order valence-electron chi connectivity index (χ4n) is 6.60. The number of carbonyl (C=O) groups excluding carboxylic acids is 2. The lowest BCUT2D eigenvalue weighted by Gasteiger charge is -2.47. The standard InChI is InChI=1S/C33H35F3N2O6/c1-7-43-27-12-18(8-10-26(27)44-25-11-9-19(33(34,35)36)13-20(25)38(41)42)28-29-21(14-31(2,3)16-23(29)39)37(6)22-15-32(4,5)17-24(40)30(22)28/h8-13,28H,7,14-17H2,1-6H3. The number of hydrogen-bond donors (Lipinski definition) is 0. The molecular formula is C33H35F3N2O6. The lowest BCUT2D eigenvalue weighted by Crippen LogP contribution is -2.43. The van der Waals surface area contributed by atoms with Gasteiger partial charge in [-0.05, 0) is 60.4 Å². The van der Waals surface area contributed by atoms with Crippen LogP contribution in [0.1, 0.15) is 77.3 Å². The number of benzene rings is 2. The second-order valence-corrected chi connectivity index (χ2v) is 13.3. The minimum Gasteiger partial charge on any atom is -0.490 e. The molecule has 0 spiro atoms. The summed E-state index contributed by atoms with van der Waals surface area (Å²) in [5.74, 6) is -0.874. The highest BCUT2D eigenvalue weighted by atomic mass is 19.4. The second kappa shape index (κ2) is 10.8. The Morgan fingerprint density at radius 1 is 0.886 bits per heavy atom. The highest BCUT2D eigenvalue weighted by molar-refractivity contribution is 6.06. The zero-order valence-electron chi connectivity index (χ0n) is 25.6. The molecule has 2 aliphatic carbocycles. The van der Waals surface area contributed by atoms with E-state index < -0.39 is 28.3 Å². The van der Waals surface area contributed by atoms with E-state index in [0.29, 0.717) is 54.5 Å². The summed E-state index contributed by atoms with van der Waals surface area (Å²) in [5.41, 5.74) is 1.01. The van der Waals surface area contributed by atoms with Crippen LogP contribution in [0.2, 0.25) is 0 Å².